The Labute approximate surface area is 134 Å². The second kappa shape index (κ2) is 6.14. The summed E-state index contributed by atoms with van der Waals surface area (Å²) in [5.74, 6) is 0.771. The molecule has 6 nitrogen and oxygen atoms in total. The zero-order valence-corrected chi connectivity index (χ0v) is 13.7. The Morgan fingerprint density at radius 3 is 3.04 bits per heavy atom. The molecule has 7 heteroatoms. The first-order valence-corrected chi connectivity index (χ1v) is 8.01. The number of hydrogen-bond donors (Lipinski definition) is 1. The number of anilines is 1. The molecule has 0 unspecified atom stereocenters. The first kappa shape index (κ1) is 15.7. The van der Waals surface area contributed by atoms with E-state index in [4.69, 9.17) is 0 Å². The Kier molecular flexibility index (Phi) is 4.19. The van der Waals surface area contributed by atoms with Gasteiger partial charge < -0.3 is 14.8 Å². The van der Waals surface area contributed by atoms with Gasteiger partial charge in [0.25, 0.3) is 0 Å². The summed E-state index contributed by atoms with van der Waals surface area (Å²) in [7, 11) is 1.91. The van der Waals surface area contributed by atoms with Crippen molar-refractivity contribution >= 4 is 22.8 Å². The van der Waals surface area contributed by atoms with Crippen LogP contribution in [-0.2, 0) is 4.79 Å². The number of aromatic nitrogens is 3. The minimum Gasteiger partial charge on any atom is -0.354 e. The molecule has 1 saturated heterocycles. The molecule has 124 valence electrons. The lowest BCUT2D eigenvalue weighted by Gasteiger charge is -2.42. The van der Waals surface area contributed by atoms with E-state index in [0.29, 0.717) is 35.7 Å². The number of rotatable bonds is 3. The number of likely N-dealkylation sites (tertiary alicyclic amines) is 1. The van der Waals surface area contributed by atoms with Crippen molar-refractivity contribution in [3.8, 4) is 0 Å². The Morgan fingerprint density at radius 1 is 1.52 bits per heavy atom. The molecule has 2 aromatic heterocycles. The second-order valence-electron chi connectivity index (χ2n) is 6.20. The van der Waals surface area contributed by atoms with Gasteiger partial charge in [-0.15, -0.1) is 0 Å². The molecule has 1 N–H and O–H groups in total. The lowest BCUT2D eigenvalue weighted by molar-refractivity contribution is -0.132. The number of fused-ring (bicyclic) bond motifs is 1. The number of likely N-dealkylation sites (N-methyl/N-ethyl adjacent to an activating group) is 1. The zero-order chi connectivity index (χ0) is 16.6. The van der Waals surface area contributed by atoms with E-state index in [1.165, 1.54) is 12.5 Å². The third kappa shape index (κ3) is 2.75. The largest absolute Gasteiger partial charge is 0.354 e. The lowest BCUT2D eigenvalue weighted by atomic mass is 9.92. The fraction of sp³-hybridized carbons (Fsp3) is 0.562. The van der Waals surface area contributed by atoms with Crippen LogP contribution in [0.15, 0.2) is 12.5 Å². The molecular weight excluding hydrogens is 297 g/mol. The van der Waals surface area contributed by atoms with E-state index >= 15 is 0 Å². The van der Waals surface area contributed by atoms with Gasteiger partial charge in [-0.05, 0) is 12.3 Å². The maximum atomic E-state index is 14.1. The quantitative estimate of drug-likeness (QED) is 0.942. The van der Waals surface area contributed by atoms with Gasteiger partial charge in [-0.25, -0.2) is 14.4 Å². The Balaban J connectivity index is 1.92. The van der Waals surface area contributed by atoms with Crippen LogP contribution in [0.5, 0.6) is 0 Å². The number of hydrogen-bond acceptors (Lipinski definition) is 4. The van der Waals surface area contributed by atoms with Crippen molar-refractivity contribution in [1.29, 1.82) is 0 Å². The lowest BCUT2D eigenvalue weighted by Crippen LogP contribution is -2.52. The smallest absolute Gasteiger partial charge is 0.222 e. The average molecular weight is 319 g/mol. The van der Waals surface area contributed by atoms with Crippen molar-refractivity contribution in [2.75, 3.05) is 25.0 Å². The van der Waals surface area contributed by atoms with Crippen LogP contribution in [0.25, 0.3) is 11.0 Å². The van der Waals surface area contributed by atoms with Crippen LogP contribution in [0.2, 0.25) is 0 Å². The summed E-state index contributed by atoms with van der Waals surface area (Å²) in [5.41, 5.74) is 0.490. The molecule has 3 heterocycles. The maximum Gasteiger partial charge on any atom is 0.222 e. The molecule has 0 saturated carbocycles. The van der Waals surface area contributed by atoms with Crippen molar-refractivity contribution in [2.24, 2.45) is 5.92 Å². The molecule has 23 heavy (non-hydrogen) atoms. The van der Waals surface area contributed by atoms with Gasteiger partial charge in [-0.2, -0.15) is 0 Å². The molecule has 1 aliphatic rings. The summed E-state index contributed by atoms with van der Waals surface area (Å²) >= 11 is 0. The monoisotopic (exact) mass is 319 g/mol. The number of carbonyl (C=O) groups is 1. The number of nitrogens with one attached hydrogen (secondary N) is 1. The summed E-state index contributed by atoms with van der Waals surface area (Å²) in [6.07, 6.45) is 4.18. The molecule has 0 aromatic carbocycles. The van der Waals surface area contributed by atoms with E-state index in [1.54, 1.807) is 0 Å². The number of amides is 1. The second-order valence-corrected chi connectivity index (χ2v) is 6.20. The molecular formula is C16H22FN5O. The van der Waals surface area contributed by atoms with E-state index in [0.717, 1.165) is 13.0 Å². The van der Waals surface area contributed by atoms with E-state index in [9.17, 15) is 9.18 Å². The normalized spacial score (nSPS) is 21.7. The predicted molar refractivity (Wildman–Crippen MR) is 86.7 cm³/mol. The molecule has 3 rings (SSSR count). The number of carbonyl (C=O) groups excluding carboxylic acids is 1. The van der Waals surface area contributed by atoms with Crippen LogP contribution in [0.4, 0.5) is 10.2 Å². The van der Waals surface area contributed by atoms with Crippen LogP contribution in [0.3, 0.4) is 0 Å². The summed E-state index contributed by atoms with van der Waals surface area (Å²) in [5, 5.41) is 0.404. The Hall–Kier alpha value is -2.18. The molecule has 0 bridgehead atoms. The zero-order valence-electron chi connectivity index (χ0n) is 13.7. The first-order valence-electron chi connectivity index (χ1n) is 8.01. The van der Waals surface area contributed by atoms with Gasteiger partial charge in [-0.3, -0.25) is 4.79 Å². The number of aromatic amines is 1. The minimum absolute atomic E-state index is 0.103. The molecule has 1 amide bonds. The Morgan fingerprint density at radius 2 is 2.30 bits per heavy atom. The highest BCUT2D eigenvalue weighted by molar-refractivity contribution is 5.88. The van der Waals surface area contributed by atoms with Crippen LogP contribution in [0.1, 0.15) is 26.7 Å². The SMILES string of the molecule is CCC(=O)N1CC[C@@H](C)[C@@H](N(C)c2ncnc3[nH]cc(F)c23)C1. The van der Waals surface area contributed by atoms with Crippen molar-refractivity contribution in [1.82, 2.24) is 19.9 Å². The number of piperidine rings is 1. The van der Waals surface area contributed by atoms with Crippen LogP contribution in [0, 0.1) is 11.7 Å². The highest BCUT2D eigenvalue weighted by Gasteiger charge is 2.32. The molecule has 1 fully saturated rings. The van der Waals surface area contributed by atoms with Gasteiger partial charge in [0.1, 0.15) is 17.8 Å². The molecule has 2 aromatic rings. The van der Waals surface area contributed by atoms with E-state index in [2.05, 4.69) is 21.9 Å². The summed E-state index contributed by atoms with van der Waals surface area (Å²) < 4.78 is 14.1. The van der Waals surface area contributed by atoms with Crippen molar-refractivity contribution in [3.05, 3.63) is 18.3 Å². The third-order valence-electron chi connectivity index (χ3n) is 4.81. The van der Waals surface area contributed by atoms with Crippen LogP contribution >= 0.6 is 0 Å². The Bertz CT molecular complexity index is 716. The molecule has 2 atom stereocenters. The highest BCUT2D eigenvalue weighted by Crippen LogP contribution is 2.30. The van der Waals surface area contributed by atoms with Gasteiger partial charge in [-0.1, -0.05) is 13.8 Å². The molecule has 0 radical (unpaired) electrons. The van der Waals surface area contributed by atoms with Gasteiger partial charge in [0.05, 0.1) is 11.4 Å². The third-order valence-corrected chi connectivity index (χ3v) is 4.81. The first-order chi connectivity index (χ1) is 11.0. The minimum atomic E-state index is -0.354. The fourth-order valence-electron chi connectivity index (χ4n) is 3.34. The standard InChI is InChI=1S/C16H22FN5O/c1-4-13(23)22-6-5-10(2)12(8-22)21(3)16-14-11(17)7-18-15(14)19-9-20-16/h7,9-10,12H,4-6,8H2,1-3H3,(H,18,19,20)/t10-,12+/m1/s1. The fourth-order valence-corrected chi connectivity index (χ4v) is 3.34. The van der Waals surface area contributed by atoms with E-state index in [1.807, 2.05) is 23.8 Å². The summed E-state index contributed by atoms with van der Waals surface area (Å²) in [6, 6.07) is 0.103. The van der Waals surface area contributed by atoms with E-state index in [-0.39, 0.29) is 17.8 Å². The number of H-pyrrole nitrogens is 1. The van der Waals surface area contributed by atoms with E-state index < -0.39 is 0 Å². The topological polar surface area (TPSA) is 65.1 Å². The van der Waals surface area contributed by atoms with Crippen molar-refractivity contribution < 1.29 is 9.18 Å². The highest BCUT2D eigenvalue weighted by atomic mass is 19.1. The number of halogens is 1. The van der Waals surface area contributed by atoms with Gasteiger partial charge >= 0.3 is 0 Å². The van der Waals surface area contributed by atoms with Crippen LogP contribution in [-0.4, -0.2) is 51.9 Å². The van der Waals surface area contributed by atoms with Crippen molar-refractivity contribution in [2.45, 2.75) is 32.7 Å². The van der Waals surface area contributed by atoms with Gasteiger partial charge in [0.15, 0.2) is 5.82 Å². The molecule has 0 spiro atoms. The predicted octanol–water partition coefficient (Wildman–Crippen LogP) is 2.18. The van der Waals surface area contributed by atoms with Gasteiger partial charge in [0, 0.05) is 32.8 Å². The van der Waals surface area contributed by atoms with Crippen molar-refractivity contribution in [3.63, 3.8) is 0 Å². The molecule has 0 aliphatic carbocycles. The average Bonchev–Trinajstić information content (AvgIpc) is 2.95. The number of nitrogens with zero attached hydrogens (tertiary/aromatic N) is 4. The molecule has 1 aliphatic heterocycles. The maximum absolute atomic E-state index is 14.1. The van der Waals surface area contributed by atoms with Gasteiger partial charge in [0.2, 0.25) is 5.91 Å². The van der Waals surface area contributed by atoms with Crippen LogP contribution < -0.4 is 4.90 Å². The summed E-state index contributed by atoms with van der Waals surface area (Å²) in [6.45, 7) is 5.47. The summed E-state index contributed by atoms with van der Waals surface area (Å²) in [4.78, 5) is 27.1.